The van der Waals surface area contributed by atoms with Crippen LogP contribution in [0.1, 0.15) is 49.4 Å². The molecule has 0 atom stereocenters. The smallest absolute Gasteiger partial charge is 0.341 e. The number of hydrogen-bond donors (Lipinski definition) is 1. The van der Waals surface area contributed by atoms with E-state index in [0.29, 0.717) is 22.7 Å². The molecule has 1 aromatic rings. The van der Waals surface area contributed by atoms with Gasteiger partial charge in [-0.05, 0) is 33.3 Å². The van der Waals surface area contributed by atoms with Crippen LogP contribution in [0.2, 0.25) is 0 Å². The first kappa shape index (κ1) is 16.4. The first-order valence-corrected chi connectivity index (χ1v) is 7.59. The van der Waals surface area contributed by atoms with E-state index in [9.17, 15) is 9.59 Å². The molecule has 1 aromatic heterocycles. The van der Waals surface area contributed by atoms with Crippen LogP contribution in [0.3, 0.4) is 0 Å². The second-order valence-corrected chi connectivity index (χ2v) is 5.49. The van der Waals surface area contributed by atoms with Crippen LogP contribution < -0.4 is 5.32 Å². The predicted octanol–water partition coefficient (Wildman–Crippen LogP) is 3.78. The number of rotatable bonds is 6. The van der Waals surface area contributed by atoms with Gasteiger partial charge in [-0.1, -0.05) is 19.4 Å². The SMILES string of the molecule is CC=C(C)C(=O)Nc1sc(CCC)cc1C(=O)OCC. The molecule has 1 N–H and O–H groups in total. The predicted molar refractivity (Wildman–Crippen MR) is 82.3 cm³/mol. The molecule has 0 aromatic carbocycles. The van der Waals surface area contributed by atoms with Gasteiger partial charge in [0.1, 0.15) is 5.00 Å². The van der Waals surface area contributed by atoms with Crippen molar-refractivity contribution in [1.29, 1.82) is 0 Å². The maximum Gasteiger partial charge on any atom is 0.341 e. The molecule has 5 heteroatoms. The average Bonchev–Trinajstić information content (AvgIpc) is 2.81. The van der Waals surface area contributed by atoms with Crippen LogP contribution in [0.5, 0.6) is 0 Å². The Morgan fingerprint density at radius 1 is 1.40 bits per heavy atom. The highest BCUT2D eigenvalue weighted by Gasteiger charge is 2.19. The lowest BCUT2D eigenvalue weighted by molar-refractivity contribution is -0.112. The number of nitrogens with one attached hydrogen (secondary N) is 1. The summed E-state index contributed by atoms with van der Waals surface area (Å²) in [5, 5.41) is 3.36. The Morgan fingerprint density at radius 3 is 2.65 bits per heavy atom. The van der Waals surface area contributed by atoms with E-state index in [1.165, 1.54) is 11.3 Å². The molecule has 0 aliphatic rings. The third kappa shape index (κ3) is 4.20. The molecule has 0 aliphatic carbocycles. The number of carbonyl (C=O) groups excluding carboxylic acids is 2. The third-order valence-electron chi connectivity index (χ3n) is 2.79. The zero-order valence-electron chi connectivity index (χ0n) is 12.4. The van der Waals surface area contributed by atoms with E-state index in [4.69, 9.17) is 4.74 Å². The Morgan fingerprint density at radius 2 is 2.10 bits per heavy atom. The highest BCUT2D eigenvalue weighted by atomic mass is 32.1. The summed E-state index contributed by atoms with van der Waals surface area (Å²) >= 11 is 1.43. The minimum Gasteiger partial charge on any atom is -0.462 e. The van der Waals surface area contributed by atoms with E-state index in [2.05, 4.69) is 12.2 Å². The Bertz CT molecular complexity index is 517. The number of thiophene rings is 1. The molecule has 1 heterocycles. The zero-order chi connectivity index (χ0) is 15.1. The summed E-state index contributed by atoms with van der Waals surface area (Å²) in [6, 6.07) is 1.81. The van der Waals surface area contributed by atoms with Crippen molar-refractivity contribution in [2.24, 2.45) is 0 Å². The van der Waals surface area contributed by atoms with Gasteiger partial charge in [-0.25, -0.2) is 4.79 Å². The number of anilines is 1. The molecule has 0 unspecified atom stereocenters. The minimum atomic E-state index is -0.389. The van der Waals surface area contributed by atoms with Gasteiger partial charge in [0.2, 0.25) is 0 Å². The van der Waals surface area contributed by atoms with Crippen LogP contribution in [-0.4, -0.2) is 18.5 Å². The van der Waals surface area contributed by atoms with Crippen LogP contribution in [0.25, 0.3) is 0 Å². The van der Waals surface area contributed by atoms with E-state index < -0.39 is 0 Å². The van der Waals surface area contributed by atoms with Gasteiger partial charge in [-0.3, -0.25) is 4.79 Å². The summed E-state index contributed by atoms with van der Waals surface area (Å²) in [6.07, 6.45) is 3.61. The Kier molecular flexibility index (Phi) is 6.45. The summed E-state index contributed by atoms with van der Waals surface area (Å²) in [4.78, 5) is 24.9. The highest BCUT2D eigenvalue weighted by molar-refractivity contribution is 7.16. The van der Waals surface area contributed by atoms with Crippen molar-refractivity contribution < 1.29 is 14.3 Å². The van der Waals surface area contributed by atoms with Gasteiger partial charge in [0, 0.05) is 10.5 Å². The summed E-state index contributed by atoms with van der Waals surface area (Å²) in [5.74, 6) is -0.581. The normalized spacial score (nSPS) is 11.3. The number of aryl methyl sites for hydroxylation is 1. The van der Waals surface area contributed by atoms with Crippen molar-refractivity contribution in [3.05, 3.63) is 28.2 Å². The summed E-state index contributed by atoms with van der Waals surface area (Å²) in [7, 11) is 0. The quantitative estimate of drug-likeness (QED) is 0.642. The largest absolute Gasteiger partial charge is 0.462 e. The number of amides is 1. The van der Waals surface area contributed by atoms with Crippen molar-refractivity contribution in [3.63, 3.8) is 0 Å². The lowest BCUT2D eigenvalue weighted by Crippen LogP contribution is -2.14. The van der Waals surface area contributed by atoms with Gasteiger partial charge < -0.3 is 10.1 Å². The number of esters is 1. The summed E-state index contributed by atoms with van der Waals surface area (Å²) in [6.45, 7) is 7.70. The monoisotopic (exact) mass is 295 g/mol. The molecule has 110 valence electrons. The molecule has 1 rings (SSSR count). The highest BCUT2D eigenvalue weighted by Crippen LogP contribution is 2.30. The molecule has 0 fully saturated rings. The van der Waals surface area contributed by atoms with Crippen molar-refractivity contribution in [2.75, 3.05) is 11.9 Å². The van der Waals surface area contributed by atoms with Crippen molar-refractivity contribution >= 4 is 28.2 Å². The van der Waals surface area contributed by atoms with Crippen molar-refractivity contribution in [1.82, 2.24) is 0 Å². The van der Waals surface area contributed by atoms with Crippen molar-refractivity contribution in [3.8, 4) is 0 Å². The van der Waals surface area contributed by atoms with Crippen molar-refractivity contribution in [2.45, 2.75) is 40.5 Å². The fourth-order valence-corrected chi connectivity index (χ4v) is 2.74. The van der Waals surface area contributed by atoms with E-state index >= 15 is 0 Å². The van der Waals surface area contributed by atoms with Crippen LogP contribution in [-0.2, 0) is 16.0 Å². The van der Waals surface area contributed by atoms with Crippen LogP contribution in [0.15, 0.2) is 17.7 Å². The maximum absolute atomic E-state index is 11.9. The van der Waals surface area contributed by atoms with Crippen LogP contribution in [0, 0.1) is 0 Å². The lowest BCUT2D eigenvalue weighted by atomic mass is 10.2. The van der Waals surface area contributed by atoms with E-state index in [0.717, 1.165) is 17.7 Å². The van der Waals surface area contributed by atoms with Gasteiger partial charge in [-0.2, -0.15) is 0 Å². The average molecular weight is 295 g/mol. The number of hydrogen-bond acceptors (Lipinski definition) is 4. The Hall–Kier alpha value is -1.62. The van der Waals surface area contributed by atoms with Gasteiger partial charge in [0.15, 0.2) is 0 Å². The third-order valence-corrected chi connectivity index (χ3v) is 3.90. The fourth-order valence-electron chi connectivity index (χ4n) is 1.60. The summed E-state index contributed by atoms with van der Waals surface area (Å²) in [5.41, 5.74) is 1.06. The van der Waals surface area contributed by atoms with Crippen LogP contribution in [0.4, 0.5) is 5.00 Å². The molecule has 0 aliphatic heterocycles. The van der Waals surface area contributed by atoms with Gasteiger partial charge >= 0.3 is 5.97 Å². The first-order valence-electron chi connectivity index (χ1n) is 6.77. The molecular formula is C15H21NO3S. The van der Waals surface area contributed by atoms with Gasteiger partial charge in [0.25, 0.3) is 5.91 Å². The molecule has 1 amide bonds. The molecular weight excluding hydrogens is 274 g/mol. The Labute approximate surface area is 123 Å². The standard InChI is InChI=1S/C15H21NO3S/c1-5-8-11-9-12(15(18)19-7-3)14(20-11)16-13(17)10(4)6-2/h6,9H,5,7-8H2,1-4H3,(H,16,17). The molecule has 0 saturated carbocycles. The molecule has 0 bridgehead atoms. The van der Waals surface area contributed by atoms with E-state index in [-0.39, 0.29) is 11.9 Å². The second kappa shape index (κ2) is 7.85. The molecule has 0 spiro atoms. The molecule has 4 nitrogen and oxygen atoms in total. The topological polar surface area (TPSA) is 55.4 Å². The number of ether oxygens (including phenoxy) is 1. The van der Waals surface area contributed by atoms with Gasteiger partial charge in [-0.15, -0.1) is 11.3 Å². The molecule has 0 saturated heterocycles. The van der Waals surface area contributed by atoms with E-state index in [1.54, 1.807) is 26.8 Å². The number of carbonyl (C=O) groups is 2. The molecule has 20 heavy (non-hydrogen) atoms. The van der Waals surface area contributed by atoms with Crippen LogP contribution >= 0.6 is 11.3 Å². The van der Waals surface area contributed by atoms with E-state index in [1.807, 2.05) is 6.07 Å². The Balaban J connectivity index is 3.03. The first-order chi connectivity index (χ1) is 9.53. The fraction of sp³-hybridized carbons (Fsp3) is 0.467. The minimum absolute atomic E-state index is 0.192. The maximum atomic E-state index is 11.9. The van der Waals surface area contributed by atoms with Gasteiger partial charge in [0.05, 0.1) is 12.2 Å². The summed E-state index contributed by atoms with van der Waals surface area (Å²) < 4.78 is 5.03. The zero-order valence-corrected chi connectivity index (χ0v) is 13.2. The second-order valence-electron chi connectivity index (χ2n) is 4.35. The molecule has 0 radical (unpaired) electrons. The number of allylic oxidation sites excluding steroid dienone is 1. The lowest BCUT2D eigenvalue weighted by Gasteiger charge is -2.05.